The molecule has 2 atom stereocenters. The van der Waals surface area contributed by atoms with Crippen LogP contribution in [0.15, 0.2) is 0 Å². The number of hydrogen-bond donors (Lipinski definition) is 4. The molecule has 2 aliphatic rings. The Morgan fingerprint density at radius 3 is 1.05 bits per heavy atom. The van der Waals surface area contributed by atoms with Gasteiger partial charge in [-0.1, -0.05) is 155 Å². The van der Waals surface area contributed by atoms with Crippen LogP contribution in [0, 0.1) is 0 Å². The van der Waals surface area contributed by atoms with E-state index in [9.17, 15) is 19.2 Å². The zero-order valence-corrected chi connectivity index (χ0v) is 39.5. The first-order valence-electron chi connectivity index (χ1n) is 26.0. The van der Waals surface area contributed by atoms with Crippen LogP contribution in [0.25, 0.3) is 0 Å². The lowest BCUT2D eigenvalue weighted by Gasteiger charge is -2.35. The van der Waals surface area contributed by atoms with Gasteiger partial charge >= 0.3 is 0 Å². The third kappa shape index (κ3) is 29.2. The Morgan fingerprint density at radius 2 is 0.717 bits per heavy atom. The minimum absolute atomic E-state index is 0.0462. The van der Waals surface area contributed by atoms with Gasteiger partial charge in [-0.15, -0.1) is 0 Å². The van der Waals surface area contributed by atoms with E-state index in [1.165, 1.54) is 103 Å². The average Bonchev–Trinajstić information content (AvgIpc) is 3.27. The van der Waals surface area contributed by atoms with Crippen molar-refractivity contribution in [1.29, 1.82) is 0 Å². The number of nitrogens with zero attached hydrogens (tertiary/aromatic N) is 2. The summed E-state index contributed by atoms with van der Waals surface area (Å²) >= 11 is 0. The maximum absolute atomic E-state index is 12.7. The molecular formula is C50H98N6O4. The SMILES string of the molecule is CCCCCCCCCCCCC(=O)N1CCCC[C@@H]1C(=O)NCCCCCCN.CCCCCCCCCCCCC(=O)N1CCCC[C@H]1C(=O)NCCCCCCN. The van der Waals surface area contributed by atoms with Crippen molar-refractivity contribution in [2.24, 2.45) is 11.5 Å². The molecule has 2 aliphatic heterocycles. The number of rotatable bonds is 36. The molecule has 352 valence electrons. The van der Waals surface area contributed by atoms with Crippen molar-refractivity contribution in [3.63, 3.8) is 0 Å². The fourth-order valence-electron chi connectivity index (χ4n) is 8.72. The summed E-state index contributed by atoms with van der Waals surface area (Å²) < 4.78 is 0. The Hall–Kier alpha value is -2.20. The van der Waals surface area contributed by atoms with Gasteiger partial charge in [0, 0.05) is 39.0 Å². The van der Waals surface area contributed by atoms with Crippen molar-refractivity contribution >= 4 is 23.6 Å². The lowest BCUT2D eigenvalue weighted by atomic mass is 10.00. The highest BCUT2D eigenvalue weighted by atomic mass is 16.2. The summed E-state index contributed by atoms with van der Waals surface area (Å²) in [6.45, 7) is 8.89. The minimum Gasteiger partial charge on any atom is -0.354 e. The zero-order chi connectivity index (χ0) is 43.7. The van der Waals surface area contributed by atoms with Crippen molar-refractivity contribution in [1.82, 2.24) is 20.4 Å². The van der Waals surface area contributed by atoms with E-state index in [1.807, 2.05) is 9.80 Å². The molecule has 2 rings (SSSR count). The summed E-state index contributed by atoms with van der Waals surface area (Å²) in [7, 11) is 0. The first kappa shape index (κ1) is 55.8. The van der Waals surface area contributed by atoms with Gasteiger partial charge in [0.2, 0.25) is 23.6 Å². The normalized spacial score (nSPS) is 16.6. The van der Waals surface area contributed by atoms with E-state index < -0.39 is 0 Å². The fraction of sp³-hybridized carbons (Fsp3) is 0.920. The van der Waals surface area contributed by atoms with Crippen molar-refractivity contribution < 1.29 is 19.2 Å². The van der Waals surface area contributed by atoms with Crippen LogP contribution in [0.4, 0.5) is 0 Å². The lowest BCUT2D eigenvalue weighted by molar-refractivity contribution is -0.142. The number of amides is 4. The van der Waals surface area contributed by atoms with Crippen LogP contribution < -0.4 is 22.1 Å². The second-order valence-electron chi connectivity index (χ2n) is 18.0. The summed E-state index contributed by atoms with van der Waals surface area (Å²) in [5.74, 6) is 0.449. The molecule has 2 saturated heterocycles. The van der Waals surface area contributed by atoms with Crippen LogP contribution in [0.2, 0.25) is 0 Å². The monoisotopic (exact) mass is 847 g/mol. The highest BCUT2D eigenvalue weighted by Gasteiger charge is 2.32. The van der Waals surface area contributed by atoms with E-state index in [2.05, 4.69) is 24.5 Å². The first-order chi connectivity index (χ1) is 29.4. The molecule has 0 aliphatic carbocycles. The predicted octanol–water partition coefficient (Wildman–Crippen LogP) is 10.6. The summed E-state index contributed by atoms with van der Waals surface area (Å²) in [6, 6.07) is -0.503. The van der Waals surface area contributed by atoms with E-state index in [4.69, 9.17) is 11.5 Å². The Kier molecular flexibility index (Phi) is 38.0. The number of nitrogens with two attached hydrogens (primary N) is 2. The number of nitrogens with one attached hydrogen (secondary N) is 2. The summed E-state index contributed by atoms with van der Waals surface area (Å²) in [6.07, 6.45) is 40.9. The molecule has 2 fully saturated rings. The molecule has 10 nitrogen and oxygen atoms in total. The fourth-order valence-corrected chi connectivity index (χ4v) is 8.72. The van der Waals surface area contributed by atoms with Gasteiger partial charge < -0.3 is 31.9 Å². The molecule has 0 aromatic heterocycles. The Balaban J connectivity index is 0.000000600. The van der Waals surface area contributed by atoms with Gasteiger partial charge in [-0.05, 0) is 90.1 Å². The number of piperidine rings is 2. The quantitative estimate of drug-likeness (QED) is 0.0461. The van der Waals surface area contributed by atoms with Crippen molar-refractivity contribution in [3.8, 4) is 0 Å². The Morgan fingerprint density at radius 1 is 0.417 bits per heavy atom. The van der Waals surface area contributed by atoms with Gasteiger partial charge in [-0.2, -0.15) is 0 Å². The smallest absolute Gasteiger partial charge is 0.242 e. The second kappa shape index (κ2) is 40.8. The van der Waals surface area contributed by atoms with Gasteiger partial charge in [0.1, 0.15) is 12.1 Å². The maximum Gasteiger partial charge on any atom is 0.242 e. The molecule has 0 spiro atoms. The number of carbonyl (C=O) groups excluding carboxylic acids is 4. The number of carbonyl (C=O) groups is 4. The van der Waals surface area contributed by atoms with Crippen LogP contribution in [0.5, 0.6) is 0 Å². The molecule has 0 aromatic rings. The molecule has 60 heavy (non-hydrogen) atoms. The van der Waals surface area contributed by atoms with Gasteiger partial charge in [0.15, 0.2) is 0 Å². The standard InChI is InChI=1S/2C25H49N3O2/c2*1-2-3-4-5-6-7-8-9-10-13-19-24(29)28-22-17-14-18-23(28)25(30)27-21-16-12-11-15-20-26/h2*23H,2-22,26H2,1H3,(H,27,30)/t2*23-/m10/s1. The van der Waals surface area contributed by atoms with Crippen LogP contribution >= 0.6 is 0 Å². The average molecular weight is 847 g/mol. The molecule has 0 radical (unpaired) electrons. The topological polar surface area (TPSA) is 151 Å². The van der Waals surface area contributed by atoms with Gasteiger partial charge in [0.05, 0.1) is 0 Å². The summed E-state index contributed by atoms with van der Waals surface area (Å²) in [5.41, 5.74) is 11.0. The molecule has 2 heterocycles. The van der Waals surface area contributed by atoms with Gasteiger partial charge in [0.25, 0.3) is 0 Å². The predicted molar refractivity (Wildman–Crippen MR) is 253 cm³/mol. The largest absolute Gasteiger partial charge is 0.354 e. The molecule has 0 unspecified atom stereocenters. The van der Waals surface area contributed by atoms with E-state index in [0.29, 0.717) is 25.9 Å². The highest BCUT2D eigenvalue weighted by Crippen LogP contribution is 2.21. The zero-order valence-electron chi connectivity index (χ0n) is 39.5. The highest BCUT2D eigenvalue weighted by molar-refractivity contribution is 5.88. The van der Waals surface area contributed by atoms with Gasteiger partial charge in [-0.3, -0.25) is 19.2 Å². The van der Waals surface area contributed by atoms with E-state index in [-0.39, 0.29) is 35.7 Å². The van der Waals surface area contributed by atoms with E-state index in [0.717, 1.165) is 142 Å². The summed E-state index contributed by atoms with van der Waals surface area (Å²) in [5, 5.41) is 6.12. The minimum atomic E-state index is -0.251. The lowest BCUT2D eigenvalue weighted by Crippen LogP contribution is -2.52. The van der Waals surface area contributed by atoms with Crippen LogP contribution in [-0.4, -0.2) is 84.8 Å². The molecule has 0 saturated carbocycles. The molecule has 0 bridgehead atoms. The third-order valence-corrected chi connectivity index (χ3v) is 12.6. The van der Waals surface area contributed by atoms with E-state index in [1.54, 1.807) is 0 Å². The number of likely N-dealkylation sites (tertiary alicyclic amines) is 2. The molecule has 0 aromatic carbocycles. The Labute approximate surface area is 370 Å². The van der Waals surface area contributed by atoms with Crippen molar-refractivity contribution in [2.75, 3.05) is 39.3 Å². The maximum atomic E-state index is 12.7. The summed E-state index contributed by atoms with van der Waals surface area (Å²) in [4.78, 5) is 54.4. The molecule has 6 N–H and O–H groups in total. The van der Waals surface area contributed by atoms with E-state index >= 15 is 0 Å². The Bertz CT molecular complexity index is 964. The molecular weight excluding hydrogens is 749 g/mol. The molecule has 10 heteroatoms. The van der Waals surface area contributed by atoms with Crippen LogP contribution in [0.1, 0.15) is 245 Å². The third-order valence-electron chi connectivity index (χ3n) is 12.6. The van der Waals surface area contributed by atoms with Crippen LogP contribution in [-0.2, 0) is 19.2 Å². The van der Waals surface area contributed by atoms with Crippen molar-refractivity contribution in [2.45, 2.75) is 257 Å². The first-order valence-corrected chi connectivity index (χ1v) is 26.0. The van der Waals surface area contributed by atoms with Crippen molar-refractivity contribution in [3.05, 3.63) is 0 Å². The second-order valence-corrected chi connectivity index (χ2v) is 18.0. The molecule has 4 amide bonds. The number of unbranched alkanes of at least 4 members (excludes halogenated alkanes) is 24. The van der Waals surface area contributed by atoms with Gasteiger partial charge in [-0.25, -0.2) is 0 Å². The van der Waals surface area contributed by atoms with Crippen LogP contribution in [0.3, 0.4) is 0 Å². The number of hydrogen-bond acceptors (Lipinski definition) is 6.